The number of alkyl halides is 7. The fourth-order valence-corrected chi connectivity index (χ4v) is 3.79. The van der Waals surface area contributed by atoms with E-state index in [0.717, 1.165) is 13.8 Å². The Morgan fingerprint density at radius 1 is 1.00 bits per heavy atom. The van der Waals surface area contributed by atoms with Crippen molar-refractivity contribution in [2.24, 2.45) is 0 Å². The number of carbonyl (C=O) groups is 1. The number of halogens is 7. The summed E-state index contributed by atoms with van der Waals surface area (Å²) in [6.45, 7) is 2.61. The summed E-state index contributed by atoms with van der Waals surface area (Å²) < 4.78 is 117. The largest absolute Gasteiger partial charge is 0.478 e. The molecule has 4 nitrogen and oxygen atoms in total. The third-order valence-electron chi connectivity index (χ3n) is 3.69. The second kappa shape index (κ2) is 6.39. The van der Waals surface area contributed by atoms with Crippen LogP contribution in [-0.2, 0) is 15.5 Å². The van der Waals surface area contributed by atoms with Crippen molar-refractivity contribution in [3.8, 4) is 0 Å². The van der Waals surface area contributed by atoms with Crippen LogP contribution in [-0.4, -0.2) is 37.1 Å². The molecule has 148 valence electrons. The highest BCUT2D eigenvalue weighted by Gasteiger charge is 2.74. The fourth-order valence-electron chi connectivity index (χ4n) is 2.26. The van der Waals surface area contributed by atoms with E-state index in [1.807, 2.05) is 0 Å². The molecule has 1 aromatic rings. The van der Waals surface area contributed by atoms with Gasteiger partial charge in [0.25, 0.3) is 0 Å². The summed E-state index contributed by atoms with van der Waals surface area (Å²) in [7, 11) is -4.90. The van der Waals surface area contributed by atoms with Crippen LogP contribution >= 0.6 is 0 Å². The zero-order chi connectivity index (χ0) is 20.9. The highest BCUT2D eigenvalue weighted by atomic mass is 32.2. The van der Waals surface area contributed by atoms with Crippen LogP contribution in [0.1, 0.15) is 35.3 Å². The van der Waals surface area contributed by atoms with Crippen LogP contribution in [0.4, 0.5) is 30.7 Å². The smallest absolute Gasteiger partial charge is 0.435 e. The average molecular weight is 410 g/mol. The van der Waals surface area contributed by atoms with Gasteiger partial charge in [-0.15, -0.1) is 0 Å². The van der Waals surface area contributed by atoms with Crippen molar-refractivity contribution in [3.63, 3.8) is 0 Å². The SMILES string of the molecule is Cc1c(C(=O)O)ccc(C(F)(C(F)(F)F)C(F)(F)F)c1S(=O)(=O)C(C)C. The molecule has 0 aliphatic heterocycles. The summed E-state index contributed by atoms with van der Waals surface area (Å²) in [4.78, 5) is 9.46. The number of carboxylic acids is 1. The van der Waals surface area contributed by atoms with Crippen LogP contribution in [0.25, 0.3) is 0 Å². The van der Waals surface area contributed by atoms with Gasteiger partial charge in [0.15, 0.2) is 9.84 Å². The average Bonchev–Trinajstić information content (AvgIpc) is 2.42. The Balaban J connectivity index is 4.18. The van der Waals surface area contributed by atoms with Crippen molar-refractivity contribution >= 4 is 15.8 Å². The highest BCUT2D eigenvalue weighted by molar-refractivity contribution is 7.92. The molecule has 0 amide bonds. The Labute approximate surface area is 143 Å². The third-order valence-corrected chi connectivity index (χ3v) is 6.03. The van der Waals surface area contributed by atoms with Crippen LogP contribution in [0.2, 0.25) is 0 Å². The molecule has 0 unspecified atom stereocenters. The van der Waals surface area contributed by atoms with E-state index in [1.54, 1.807) is 0 Å². The van der Waals surface area contributed by atoms with Gasteiger partial charge >= 0.3 is 24.0 Å². The Morgan fingerprint density at radius 3 is 1.73 bits per heavy atom. The van der Waals surface area contributed by atoms with E-state index in [4.69, 9.17) is 5.11 Å². The zero-order valence-corrected chi connectivity index (χ0v) is 14.3. The number of benzene rings is 1. The minimum absolute atomic E-state index is 0.104. The lowest BCUT2D eigenvalue weighted by atomic mass is 9.91. The molecule has 26 heavy (non-hydrogen) atoms. The summed E-state index contributed by atoms with van der Waals surface area (Å²) in [6.07, 6.45) is -13.1. The highest BCUT2D eigenvalue weighted by Crippen LogP contribution is 2.55. The molecule has 1 N–H and O–H groups in total. The summed E-state index contributed by atoms with van der Waals surface area (Å²) in [5.74, 6) is -1.79. The van der Waals surface area contributed by atoms with Crippen LogP contribution in [0, 0.1) is 6.92 Å². The predicted octanol–water partition coefficient (Wildman–Crippen LogP) is 4.16. The number of aromatic carboxylic acids is 1. The molecule has 0 aromatic heterocycles. The normalized spacial score (nSPS) is 14.0. The lowest BCUT2D eigenvalue weighted by molar-refractivity contribution is -0.349. The monoisotopic (exact) mass is 410 g/mol. The van der Waals surface area contributed by atoms with Gasteiger partial charge in [0.05, 0.1) is 15.7 Å². The van der Waals surface area contributed by atoms with Gasteiger partial charge in [0, 0.05) is 5.56 Å². The summed E-state index contributed by atoms with van der Waals surface area (Å²) in [6, 6.07) is 0.199. The van der Waals surface area contributed by atoms with Gasteiger partial charge in [0.2, 0.25) is 0 Å². The molecule has 1 rings (SSSR count). The molecule has 0 saturated heterocycles. The molecular weight excluding hydrogens is 397 g/mol. The first kappa shape index (κ1) is 22.2. The van der Waals surface area contributed by atoms with E-state index >= 15 is 0 Å². The van der Waals surface area contributed by atoms with Gasteiger partial charge in [-0.3, -0.25) is 0 Å². The molecule has 0 spiro atoms. The van der Waals surface area contributed by atoms with E-state index in [1.165, 1.54) is 0 Å². The molecular formula is C14H13F7O4S. The lowest BCUT2D eigenvalue weighted by Gasteiger charge is -2.32. The van der Waals surface area contributed by atoms with Crippen LogP contribution in [0.5, 0.6) is 0 Å². The van der Waals surface area contributed by atoms with Crippen molar-refractivity contribution < 1.29 is 49.1 Å². The minimum Gasteiger partial charge on any atom is -0.478 e. The summed E-state index contributed by atoms with van der Waals surface area (Å²) >= 11 is 0. The Morgan fingerprint density at radius 2 is 1.42 bits per heavy atom. The van der Waals surface area contributed by atoms with Crippen LogP contribution in [0.15, 0.2) is 17.0 Å². The van der Waals surface area contributed by atoms with Crippen molar-refractivity contribution in [1.29, 1.82) is 0 Å². The van der Waals surface area contributed by atoms with E-state index in [0.29, 0.717) is 13.0 Å². The fraction of sp³-hybridized carbons (Fsp3) is 0.500. The third kappa shape index (κ3) is 3.26. The zero-order valence-electron chi connectivity index (χ0n) is 13.5. The van der Waals surface area contributed by atoms with Gasteiger partial charge < -0.3 is 5.11 Å². The van der Waals surface area contributed by atoms with Gasteiger partial charge in [-0.05, 0) is 32.4 Å². The first-order valence-electron chi connectivity index (χ1n) is 6.84. The molecule has 0 radical (unpaired) electrons. The number of hydrogen-bond donors (Lipinski definition) is 1. The quantitative estimate of drug-likeness (QED) is 0.757. The maximum atomic E-state index is 14.4. The first-order valence-corrected chi connectivity index (χ1v) is 8.39. The van der Waals surface area contributed by atoms with Crippen molar-refractivity contribution in [2.45, 2.75) is 48.9 Å². The maximum Gasteiger partial charge on any atom is 0.435 e. The number of carboxylic acid groups (broad SMARTS) is 1. The summed E-state index contributed by atoms with van der Waals surface area (Å²) in [5.41, 5.74) is -9.99. The van der Waals surface area contributed by atoms with E-state index < -0.39 is 60.7 Å². The predicted molar refractivity (Wildman–Crippen MR) is 75.4 cm³/mol. The van der Waals surface area contributed by atoms with Gasteiger partial charge in [-0.1, -0.05) is 6.07 Å². The first-order chi connectivity index (χ1) is 11.4. The molecule has 0 aliphatic rings. The minimum atomic E-state index is -6.54. The van der Waals surface area contributed by atoms with Gasteiger partial charge in [0.1, 0.15) is 0 Å². The molecule has 12 heteroatoms. The molecule has 1 aromatic carbocycles. The van der Waals surface area contributed by atoms with Crippen molar-refractivity contribution in [2.75, 3.05) is 0 Å². The van der Waals surface area contributed by atoms with Crippen LogP contribution < -0.4 is 0 Å². The van der Waals surface area contributed by atoms with Gasteiger partial charge in [-0.2, -0.15) is 26.3 Å². The Hall–Kier alpha value is -1.85. The van der Waals surface area contributed by atoms with E-state index in [-0.39, 0.29) is 6.07 Å². The topological polar surface area (TPSA) is 71.4 Å². The molecule has 0 atom stereocenters. The molecule has 0 bridgehead atoms. The Kier molecular flexibility index (Phi) is 5.46. The van der Waals surface area contributed by atoms with Crippen molar-refractivity contribution in [3.05, 3.63) is 28.8 Å². The molecule has 0 saturated carbocycles. The summed E-state index contributed by atoms with van der Waals surface area (Å²) in [5, 5.41) is 7.44. The second-order valence-electron chi connectivity index (χ2n) is 5.67. The van der Waals surface area contributed by atoms with Crippen LogP contribution in [0.3, 0.4) is 0 Å². The molecule has 0 fully saturated rings. The number of sulfone groups is 1. The van der Waals surface area contributed by atoms with Gasteiger partial charge in [-0.25, -0.2) is 17.6 Å². The van der Waals surface area contributed by atoms with E-state index in [9.17, 15) is 43.9 Å². The maximum absolute atomic E-state index is 14.4. The molecule has 0 heterocycles. The lowest BCUT2D eigenvalue weighted by Crippen LogP contribution is -2.51. The molecule has 0 aliphatic carbocycles. The standard InChI is InChI=1S/C14H13F7O4S/c1-6(2)26(24,25)10-7(3)8(11(22)23)4-5-9(10)12(15,13(16,17)18)14(19,20)21/h4-6H,1-3H3,(H,22,23). The second-order valence-corrected chi connectivity index (χ2v) is 8.11. The number of rotatable bonds is 4. The van der Waals surface area contributed by atoms with E-state index in [2.05, 4.69) is 0 Å². The number of hydrogen-bond acceptors (Lipinski definition) is 3. The van der Waals surface area contributed by atoms with Crippen molar-refractivity contribution in [1.82, 2.24) is 0 Å². The Bertz CT molecular complexity index is 809.